The molecule has 6 heteroatoms. The molecule has 5 nitrogen and oxygen atoms in total. The molecular formula is C13H17BrN4O. The Kier molecular flexibility index (Phi) is 4.55. The second-order valence-electron chi connectivity index (χ2n) is 4.09. The van der Waals surface area contributed by atoms with Gasteiger partial charge in [-0.3, -0.25) is 4.68 Å². The number of hydrogen-bond donors (Lipinski definition) is 1. The van der Waals surface area contributed by atoms with Gasteiger partial charge in [0.1, 0.15) is 0 Å². The van der Waals surface area contributed by atoms with Gasteiger partial charge in [-0.05, 0) is 28.5 Å². The fourth-order valence-corrected chi connectivity index (χ4v) is 2.67. The highest BCUT2D eigenvalue weighted by Crippen LogP contribution is 2.31. The van der Waals surface area contributed by atoms with E-state index in [2.05, 4.69) is 38.3 Å². The van der Waals surface area contributed by atoms with E-state index in [9.17, 15) is 0 Å². The number of aryl methyl sites for hydroxylation is 1. The summed E-state index contributed by atoms with van der Waals surface area (Å²) < 4.78 is 8.17. The quantitative estimate of drug-likeness (QED) is 0.916. The zero-order chi connectivity index (χ0) is 13.8. The smallest absolute Gasteiger partial charge is 0.218 e. The topological polar surface area (TPSA) is 52.0 Å². The fraction of sp³-hybridized carbons (Fsp3) is 0.385. The number of nitrogens with zero attached hydrogens (tertiary/aromatic N) is 3. The Hall–Kier alpha value is -1.40. The van der Waals surface area contributed by atoms with Crippen molar-refractivity contribution >= 4 is 15.9 Å². The summed E-state index contributed by atoms with van der Waals surface area (Å²) in [4.78, 5) is 4.26. The third-order valence-electron chi connectivity index (χ3n) is 2.92. The van der Waals surface area contributed by atoms with Crippen molar-refractivity contribution in [3.8, 4) is 5.88 Å². The average molecular weight is 325 g/mol. The van der Waals surface area contributed by atoms with Gasteiger partial charge in [-0.1, -0.05) is 13.0 Å². The highest BCUT2D eigenvalue weighted by atomic mass is 79.9. The van der Waals surface area contributed by atoms with Gasteiger partial charge in [0, 0.05) is 18.8 Å². The molecule has 0 aliphatic heterocycles. The number of ether oxygens (including phenoxy) is 1. The Labute approximate surface area is 121 Å². The van der Waals surface area contributed by atoms with E-state index in [-0.39, 0.29) is 6.04 Å². The molecule has 102 valence electrons. The lowest BCUT2D eigenvalue weighted by Gasteiger charge is -2.20. The minimum absolute atomic E-state index is 0.0180. The normalized spacial score (nSPS) is 12.4. The molecule has 0 aliphatic carbocycles. The molecular weight excluding hydrogens is 308 g/mol. The molecule has 2 heterocycles. The van der Waals surface area contributed by atoms with Gasteiger partial charge in [0.25, 0.3) is 0 Å². The molecule has 0 bridgehead atoms. The lowest BCUT2D eigenvalue weighted by molar-refractivity contribution is 0.386. The first-order chi connectivity index (χ1) is 9.19. The van der Waals surface area contributed by atoms with Crippen molar-refractivity contribution in [2.75, 3.05) is 13.7 Å². The van der Waals surface area contributed by atoms with Crippen molar-refractivity contribution in [1.29, 1.82) is 0 Å². The highest BCUT2D eigenvalue weighted by molar-refractivity contribution is 9.10. The third kappa shape index (κ3) is 2.79. The van der Waals surface area contributed by atoms with E-state index in [1.165, 1.54) is 0 Å². The number of aromatic nitrogens is 3. The molecule has 1 atom stereocenters. The zero-order valence-electron chi connectivity index (χ0n) is 11.2. The molecule has 2 aromatic rings. The van der Waals surface area contributed by atoms with Gasteiger partial charge in [0.15, 0.2) is 0 Å². The van der Waals surface area contributed by atoms with Crippen LogP contribution in [0.4, 0.5) is 0 Å². The van der Waals surface area contributed by atoms with Crippen LogP contribution in [-0.2, 0) is 7.05 Å². The molecule has 0 saturated heterocycles. The molecule has 0 spiro atoms. The second kappa shape index (κ2) is 6.16. The van der Waals surface area contributed by atoms with Gasteiger partial charge in [0.2, 0.25) is 5.88 Å². The van der Waals surface area contributed by atoms with Gasteiger partial charge < -0.3 is 10.1 Å². The van der Waals surface area contributed by atoms with E-state index in [1.54, 1.807) is 19.5 Å². The number of methoxy groups -OCH3 is 1. The van der Waals surface area contributed by atoms with Crippen LogP contribution in [0.5, 0.6) is 5.88 Å². The Balaban J connectivity index is 2.51. The van der Waals surface area contributed by atoms with E-state index < -0.39 is 0 Å². The van der Waals surface area contributed by atoms with Crippen LogP contribution < -0.4 is 10.1 Å². The minimum Gasteiger partial charge on any atom is -0.481 e. The van der Waals surface area contributed by atoms with Crippen molar-refractivity contribution in [3.05, 3.63) is 40.3 Å². The summed E-state index contributed by atoms with van der Waals surface area (Å²) in [6.45, 7) is 2.90. The lowest BCUT2D eigenvalue weighted by atomic mass is 10.0. The van der Waals surface area contributed by atoms with Crippen molar-refractivity contribution in [1.82, 2.24) is 20.1 Å². The first-order valence-corrected chi connectivity index (χ1v) is 6.88. The average Bonchev–Trinajstić information content (AvgIpc) is 2.76. The van der Waals surface area contributed by atoms with Crippen LogP contribution in [0.15, 0.2) is 29.0 Å². The molecule has 0 fully saturated rings. The van der Waals surface area contributed by atoms with E-state index in [0.29, 0.717) is 5.88 Å². The fourth-order valence-electron chi connectivity index (χ4n) is 2.10. The zero-order valence-corrected chi connectivity index (χ0v) is 12.8. The van der Waals surface area contributed by atoms with Crippen molar-refractivity contribution in [2.24, 2.45) is 7.05 Å². The van der Waals surface area contributed by atoms with E-state index in [4.69, 9.17) is 4.74 Å². The standard InChI is InChI=1S/C13H17BrN4O/c1-4-15-11(12-10(14)8-17-18(12)2)9-6-5-7-16-13(9)19-3/h5-8,11,15H,4H2,1-3H3. The minimum atomic E-state index is -0.0180. The first kappa shape index (κ1) is 14.0. The molecule has 19 heavy (non-hydrogen) atoms. The molecule has 0 aromatic carbocycles. The lowest BCUT2D eigenvalue weighted by Crippen LogP contribution is -2.25. The predicted octanol–water partition coefficient (Wildman–Crippen LogP) is 2.29. The van der Waals surface area contributed by atoms with Crippen molar-refractivity contribution in [2.45, 2.75) is 13.0 Å². The third-order valence-corrected chi connectivity index (χ3v) is 3.54. The Morgan fingerprint density at radius 3 is 2.89 bits per heavy atom. The van der Waals surface area contributed by atoms with Gasteiger partial charge >= 0.3 is 0 Å². The van der Waals surface area contributed by atoms with Crippen molar-refractivity contribution in [3.63, 3.8) is 0 Å². The molecule has 0 aliphatic rings. The van der Waals surface area contributed by atoms with Crippen LogP contribution >= 0.6 is 15.9 Å². The van der Waals surface area contributed by atoms with E-state index in [0.717, 1.165) is 22.3 Å². The molecule has 1 unspecified atom stereocenters. The van der Waals surface area contributed by atoms with Gasteiger partial charge in [-0.25, -0.2) is 4.98 Å². The van der Waals surface area contributed by atoms with Crippen LogP contribution in [0.1, 0.15) is 24.2 Å². The van der Waals surface area contributed by atoms with Crippen LogP contribution in [0.2, 0.25) is 0 Å². The summed E-state index contributed by atoms with van der Waals surface area (Å²) in [6.07, 6.45) is 3.52. The summed E-state index contributed by atoms with van der Waals surface area (Å²) >= 11 is 3.55. The van der Waals surface area contributed by atoms with Gasteiger partial charge in [-0.15, -0.1) is 0 Å². The summed E-state index contributed by atoms with van der Waals surface area (Å²) in [5.41, 5.74) is 2.05. The van der Waals surface area contributed by atoms with Crippen LogP contribution in [0.25, 0.3) is 0 Å². The van der Waals surface area contributed by atoms with Crippen molar-refractivity contribution < 1.29 is 4.74 Å². The first-order valence-electron chi connectivity index (χ1n) is 6.08. The summed E-state index contributed by atoms with van der Waals surface area (Å²) in [5.74, 6) is 0.626. The maximum atomic E-state index is 5.35. The number of halogens is 1. The largest absolute Gasteiger partial charge is 0.481 e. The molecule has 2 aromatic heterocycles. The van der Waals surface area contributed by atoms with Gasteiger partial charge in [0.05, 0.1) is 29.5 Å². The van der Waals surface area contributed by atoms with E-state index >= 15 is 0 Å². The van der Waals surface area contributed by atoms with E-state index in [1.807, 2.05) is 23.9 Å². The molecule has 0 amide bonds. The summed E-state index contributed by atoms with van der Waals surface area (Å²) in [7, 11) is 3.56. The second-order valence-corrected chi connectivity index (χ2v) is 4.95. The molecule has 0 radical (unpaired) electrons. The molecule has 1 N–H and O–H groups in total. The number of nitrogens with one attached hydrogen (secondary N) is 1. The number of pyridine rings is 1. The monoisotopic (exact) mass is 324 g/mol. The van der Waals surface area contributed by atoms with Gasteiger partial charge in [-0.2, -0.15) is 5.10 Å². The summed E-state index contributed by atoms with van der Waals surface area (Å²) in [5, 5.41) is 7.72. The number of rotatable bonds is 5. The molecule has 2 rings (SSSR count). The Morgan fingerprint density at radius 2 is 2.32 bits per heavy atom. The van der Waals surface area contributed by atoms with Crippen LogP contribution in [-0.4, -0.2) is 28.4 Å². The maximum Gasteiger partial charge on any atom is 0.218 e. The Bertz CT molecular complexity index is 536. The number of hydrogen-bond acceptors (Lipinski definition) is 4. The maximum absolute atomic E-state index is 5.35. The predicted molar refractivity (Wildman–Crippen MR) is 77.2 cm³/mol. The SMILES string of the molecule is CCNC(c1cccnc1OC)c1c(Br)cnn1C. The van der Waals surface area contributed by atoms with Crippen LogP contribution in [0, 0.1) is 0 Å². The Morgan fingerprint density at radius 1 is 1.53 bits per heavy atom. The van der Waals surface area contributed by atoms with Crippen LogP contribution in [0.3, 0.4) is 0 Å². The highest BCUT2D eigenvalue weighted by Gasteiger charge is 2.23. The summed E-state index contributed by atoms with van der Waals surface area (Å²) in [6, 6.07) is 3.90. The molecule has 0 saturated carbocycles.